The van der Waals surface area contributed by atoms with Crippen LogP contribution in [0.5, 0.6) is 0 Å². The monoisotopic (exact) mass is 330 g/mol. The molecule has 0 spiro atoms. The third kappa shape index (κ3) is 26.2. The van der Waals surface area contributed by atoms with Gasteiger partial charge < -0.3 is 9.47 Å². The molecule has 0 heterocycles. The lowest BCUT2D eigenvalue weighted by Gasteiger charge is -2.03. The molecule has 0 unspecified atom stereocenters. The van der Waals surface area contributed by atoms with Crippen LogP contribution < -0.4 is 0 Å². The van der Waals surface area contributed by atoms with E-state index in [9.17, 15) is 4.79 Å². The molecular formula is C19H38O4. The highest BCUT2D eigenvalue weighted by atomic mass is 16.5. The van der Waals surface area contributed by atoms with Crippen LogP contribution in [0.25, 0.3) is 0 Å². The summed E-state index contributed by atoms with van der Waals surface area (Å²) in [5.74, 6) is -0.0666. The number of unbranched alkanes of at least 4 members (excludes halogenated alkanes) is 12. The number of carbonyl (C=O) groups is 2. The number of ether oxygens (including phenoxy) is 2. The number of methoxy groups -OCH3 is 2. The van der Waals surface area contributed by atoms with E-state index in [0.717, 1.165) is 6.42 Å². The minimum Gasteiger partial charge on any atom is -0.471 e. The second-order valence-corrected chi connectivity index (χ2v) is 5.90. The van der Waals surface area contributed by atoms with Gasteiger partial charge in [-0.3, -0.25) is 9.59 Å². The van der Waals surface area contributed by atoms with E-state index < -0.39 is 0 Å². The van der Waals surface area contributed by atoms with Gasteiger partial charge >= 0.3 is 5.97 Å². The van der Waals surface area contributed by atoms with E-state index in [4.69, 9.17) is 4.79 Å². The van der Waals surface area contributed by atoms with Crippen LogP contribution in [-0.2, 0) is 19.1 Å². The van der Waals surface area contributed by atoms with Gasteiger partial charge in [0.15, 0.2) is 0 Å². The Labute approximate surface area is 143 Å². The number of esters is 1. The number of hydrogen-bond acceptors (Lipinski definition) is 4. The summed E-state index contributed by atoms with van der Waals surface area (Å²) in [5.41, 5.74) is 0. The topological polar surface area (TPSA) is 52.6 Å². The Morgan fingerprint density at radius 2 is 1.09 bits per heavy atom. The van der Waals surface area contributed by atoms with Crippen molar-refractivity contribution in [2.24, 2.45) is 0 Å². The van der Waals surface area contributed by atoms with Crippen molar-refractivity contribution >= 4 is 12.4 Å². The molecule has 138 valence electrons. The molecule has 0 N–H and O–H groups in total. The summed E-state index contributed by atoms with van der Waals surface area (Å²) in [4.78, 5) is 19.8. The molecule has 0 saturated heterocycles. The Bertz CT molecular complexity index is 242. The van der Waals surface area contributed by atoms with E-state index in [1.807, 2.05) is 0 Å². The summed E-state index contributed by atoms with van der Waals surface area (Å²) in [6.45, 7) is 2.64. The molecule has 0 aromatic carbocycles. The number of hydrogen-bond donors (Lipinski definition) is 0. The van der Waals surface area contributed by atoms with Crippen molar-refractivity contribution < 1.29 is 19.1 Å². The highest BCUT2D eigenvalue weighted by Crippen LogP contribution is 2.12. The predicted octanol–water partition coefficient (Wildman–Crippen LogP) is 5.43. The van der Waals surface area contributed by atoms with E-state index in [1.54, 1.807) is 0 Å². The zero-order valence-corrected chi connectivity index (χ0v) is 15.6. The van der Waals surface area contributed by atoms with Gasteiger partial charge in [0.2, 0.25) is 0 Å². The highest BCUT2D eigenvalue weighted by molar-refractivity contribution is 5.68. The summed E-state index contributed by atoms with van der Waals surface area (Å²) in [6, 6.07) is 0. The Morgan fingerprint density at radius 3 is 1.39 bits per heavy atom. The van der Waals surface area contributed by atoms with Crippen molar-refractivity contribution in [3.05, 3.63) is 0 Å². The predicted molar refractivity (Wildman–Crippen MR) is 95.4 cm³/mol. The minimum absolute atomic E-state index is 0.0666. The first-order valence-corrected chi connectivity index (χ1v) is 9.26. The molecular weight excluding hydrogens is 292 g/mol. The number of rotatable bonds is 15. The Kier molecular flexibility index (Phi) is 24.4. The first-order valence-electron chi connectivity index (χ1n) is 9.26. The van der Waals surface area contributed by atoms with Crippen LogP contribution in [0, 0.1) is 0 Å². The highest BCUT2D eigenvalue weighted by Gasteiger charge is 1.99. The van der Waals surface area contributed by atoms with Crippen molar-refractivity contribution in [3.8, 4) is 0 Å². The molecule has 23 heavy (non-hydrogen) atoms. The van der Waals surface area contributed by atoms with Crippen LogP contribution in [0.1, 0.15) is 96.8 Å². The van der Waals surface area contributed by atoms with Crippen molar-refractivity contribution in [1.29, 1.82) is 0 Å². The van der Waals surface area contributed by atoms with Crippen LogP contribution in [0.15, 0.2) is 0 Å². The molecule has 0 aromatic heterocycles. The lowest BCUT2D eigenvalue weighted by molar-refractivity contribution is -0.140. The fourth-order valence-electron chi connectivity index (χ4n) is 2.39. The third-order valence-electron chi connectivity index (χ3n) is 3.81. The maximum Gasteiger partial charge on any atom is 0.305 e. The van der Waals surface area contributed by atoms with Gasteiger partial charge in [-0.2, -0.15) is 0 Å². The van der Waals surface area contributed by atoms with Gasteiger partial charge in [-0.05, 0) is 6.42 Å². The van der Waals surface area contributed by atoms with E-state index in [0.29, 0.717) is 12.9 Å². The van der Waals surface area contributed by atoms with Crippen molar-refractivity contribution in [2.45, 2.75) is 96.8 Å². The summed E-state index contributed by atoms with van der Waals surface area (Å²) >= 11 is 0. The van der Waals surface area contributed by atoms with E-state index in [1.165, 1.54) is 91.3 Å². The zero-order valence-electron chi connectivity index (χ0n) is 15.6. The molecule has 0 amide bonds. The second kappa shape index (κ2) is 23.2. The maximum absolute atomic E-state index is 10.9. The largest absolute Gasteiger partial charge is 0.471 e. The summed E-state index contributed by atoms with van der Waals surface area (Å²) in [7, 11) is 2.78. The maximum atomic E-state index is 10.9. The summed E-state index contributed by atoms with van der Waals surface area (Å²) in [5, 5.41) is 0. The van der Waals surface area contributed by atoms with Gasteiger partial charge in [0.05, 0.1) is 14.2 Å². The molecule has 0 atom stereocenters. The third-order valence-corrected chi connectivity index (χ3v) is 3.81. The minimum atomic E-state index is -0.0666. The van der Waals surface area contributed by atoms with Gasteiger partial charge in [-0.25, -0.2) is 0 Å². The molecule has 0 fully saturated rings. The normalized spacial score (nSPS) is 9.70. The van der Waals surface area contributed by atoms with E-state index >= 15 is 0 Å². The van der Waals surface area contributed by atoms with Gasteiger partial charge in [0.1, 0.15) is 0 Å². The first kappa shape index (κ1) is 24.2. The molecule has 0 aliphatic carbocycles. The zero-order chi connectivity index (χ0) is 17.6. The second-order valence-electron chi connectivity index (χ2n) is 5.90. The number of carbonyl (C=O) groups excluding carboxylic acids is 2. The Hall–Kier alpha value is -1.06. The van der Waals surface area contributed by atoms with E-state index in [-0.39, 0.29) is 5.97 Å². The van der Waals surface area contributed by atoms with Crippen LogP contribution in [0.2, 0.25) is 0 Å². The van der Waals surface area contributed by atoms with Crippen molar-refractivity contribution in [1.82, 2.24) is 0 Å². The average molecular weight is 331 g/mol. The molecule has 0 aliphatic heterocycles. The Balaban J connectivity index is 0. The fraction of sp³-hybridized carbons (Fsp3) is 0.895. The summed E-state index contributed by atoms with van der Waals surface area (Å²) in [6.07, 6.45) is 18.0. The molecule has 0 saturated carbocycles. The standard InChI is InChI=1S/C17H34O2.C2H4O2/c1-3-4-5-6-7-8-9-10-11-12-13-14-15-16-17(18)19-2;1-4-2-3/h3-16H2,1-2H3;2H,1H3. The van der Waals surface area contributed by atoms with Gasteiger partial charge in [0, 0.05) is 6.42 Å². The van der Waals surface area contributed by atoms with Crippen molar-refractivity contribution in [2.75, 3.05) is 14.2 Å². The smallest absolute Gasteiger partial charge is 0.305 e. The van der Waals surface area contributed by atoms with E-state index in [2.05, 4.69) is 16.4 Å². The fourth-order valence-corrected chi connectivity index (χ4v) is 2.39. The van der Waals surface area contributed by atoms with Crippen LogP contribution in [-0.4, -0.2) is 26.7 Å². The molecule has 0 aromatic rings. The molecule has 0 bridgehead atoms. The Morgan fingerprint density at radius 1 is 0.739 bits per heavy atom. The molecule has 0 radical (unpaired) electrons. The van der Waals surface area contributed by atoms with Crippen LogP contribution in [0.4, 0.5) is 0 Å². The lowest BCUT2D eigenvalue weighted by atomic mass is 10.0. The average Bonchev–Trinajstić information content (AvgIpc) is 2.58. The molecule has 4 heteroatoms. The SMILES string of the molecule is CCCCCCCCCCCCCCCC(=O)OC.COC=O. The van der Waals surface area contributed by atoms with Crippen LogP contribution >= 0.6 is 0 Å². The first-order chi connectivity index (χ1) is 11.2. The molecule has 4 nitrogen and oxygen atoms in total. The molecule has 0 rings (SSSR count). The van der Waals surface area contributed by atoms with Crippen molar-refractivity contribution in [3.63, 3.8) is 0 Å². The lowest BCUT2D eigenvalue weighted by Crippen LogP contribution is -1.99. The summed E-state index contributed by atoms with van der Waals surface area (Å²) < 4.78 is 8.48. The van der Waals surface area contributed by atoms with Gasteiger partial charge in [-0.1, -0.05) is 84.0 Å². The quantitative estimate of drug-likeness (QED) is 0.228. The molecule has 0 aliphatic rings. The van der Waals surface area contributed by atoms with Gasteiger partial charge in [0.25, 0.3) is 6.47 Å². The van der Waals surface area contributed by atoms with Gasteiger partial charge in [-0.15, -0.1) is 0 Å². The van der Waals surface area contributed by atoms with Crippen LogP contribution in [0.3, 0.4) is 0 Å².